The van der Waals surface area contributed by atoms with Crippen LogP contribution in [0.2, 0.25) is 0 Å². The summed E-state index contributed by atoms with van der Waals surface area (Å²) in [6, 6.07) is 14.2. The number of thioether (sulfide) groups is 1. The summed E-state index contributed by atoms with van der Waals surface area (Å²) in [7, 11) is 0. The summed E-state index contributed by atoms with van der Waals surface area (Å²) < 4.78 is 0.199. The van der Waals surface area contributed by atoms with E-state index >= 15 is 0 Å². The lowest BCUT2D eigenvalue weighted by Crippen LogP contribution is -2.35. The number of hydrogen-bond acceptors (Lipinski definition) is 6. The van der Waals surface area contributed by atoms with Crippen LogP contribution in [-0.4, -0.2) is 51.1 Å². The van der Waals surface area contributed by atoms with E-state index in [1.165, 1.54) is 9.80 Å². The maximum absolute atomic E-state index is 13.4. The van der Waals surface area contributed by atoms with E-state index < -0.39 is 17.8 Å². The summed E-state index contributed by atoms with van der Waals surface area (Å²) in [4.78, 5) is 52.6. The number of nitrogens with zero attached hydrogens (tertiary/aromatic N) is 2. The SMILES string of the molecule is Cc1ccc(NC(=O)CN2C(=O)C(=C3SC(=S)N(CCC(=O)O)C3=O)c3ccccc32)cc1. The molecule has 8 nitrogen and oxygen atoms in total. The van der Waals surface area contributed by atoms with E-state index in [1.54, 1.807) is 36.4 Å². The van der Waals surface area contributed by atoms with Gasteiger partial charge in [-0.1, -0.05) is 59.9 Å². The first-order valence-corrected chi connectivity index (χ1v) is 11.3. The van der Waals surface area contributed by atoms with Crippen molar-refractivity contribution in [1.82, 2.24) is 4.90 Å². The first-order chi connectivity index (χ1) is 15.8. The molecular formula is C23H19N3O5S2. The Morgan fingerprint density at radius 1 is 1.03 bits per heavy atom. The van der Waals surface area contributed by atoms with Crippen molar-refractivity contribution in [1.29, 1.82) is 0 Å². The number of carbonyl (C=O) groups excluding carboxylic acids is 3. The number of carboxylic acids is 1. The van der Waals surface area contributed by atoms with Crippen LogP contribution in [-0.2, 0) is 19.2 Å². The van der Waals surface area contributed by atoms with Crippen LogP contribution < -0.4 is 10.2 Å². The summed E-state index contributed by atoms with van der Waals surface area (Å²) in [5.41, 5.74) is 2.90. The monoisotopic (exact) mass is 481 g/mol. The van der Waals surface area contributed by atoms with Crippen LogP contribution in [0.15, 0.2) is 53.4 Å². The van der Waals surface area contributed by atoms with Crippen molar-refractivity contribution in [3.63, 3.8) is 0 Å². The molecule has 0 atom stereocenters. The number of aliphatic carboxylic acids is 1. The van der Waals surface area contributed by atoms with Crippen molar-refractivity contribution in [3.8, 4) is 0 Å². The Labute approximate surface area is 199 Å². The molecule has 33 heavy (non-hydrogen) atoms. The summed E-state index contributed by atoms with van der Waals surface area (Å²) in [5.74, 6) is -2.41. The number of anilines is 2. The highest BCUT2D eigenvalue weighted by molar-refractivity contribution is 8.26. The zero-order valence-corrected chi connectivity index (χ0v) is 19.2. The number of amides is 3. The lowest BCUT2D eigenvalue weighted by Gasteiger charge is -2.17. The molecule has 0 bridgehead atoms. The van der Waals surface area contributed by atoms with Gasteiger partial charge in [-0.3, -0.25) is 29.0 Å². The van der Waals surface area contributed by atoms with Crippen LogP contribution in [0.5, 0.6) is 0 Å². The summed E-state index contributed by atoms with van der Waals surface area (Å²) in [5, 5.41) is 11.7. The topological polar surface area (TPSA) is 107 Å². The number of aryl methyl sites for hydroxylation is 1. The van der Waals surface area contributed by atoms with E-state index in [0.717, 1.165) is 17.3 Å². The van der Waals surface area contributed by atoms with E-state index in [9.17, 15) is 19.2 Å². The highest BCUT2D eigenvalue weighted by Crippen LogP contribution is 2.44. The Morgan fingerprint density at radius 2 is 1.73 bits per heavy atom. The summed E-state index contributed by atoms with van der Waals surface area (Å²) >= 11 is 6.22. The molecule has 0 unspecified atom stereocenters. The molecule has 4 rings (SSSR count). The second kappa shape index (κ2) is 9.16. The lowest BCUT2D eigenvalue weighted by molar-refractivity contribution is -0.137. The summed E-state index contributed by atoms with van der Waals surface area (Å²) in [6.45, 7) is 1.64. The van der Waals surface area contributed by atoms with Gasteiger partial charge >= 0.3 is 5.97 Å². The van der Waals surface area contributed by atoms with Gasteiger partial charge in [0.05, 0.1) is 22.6 Å². The van der Waals surface area contributed by atoms with E-state index in [-0.39, 0.29) is 40.2 Å². The van der Waals surface area contributed by atoms with Gasteiger partial charge in [-0.15, -0.1) is 0 Å². The second-order valence-corrected chi connectivity index (χ2v) is 9.14. The van der Waals surface area contributed by atoms with E-state index in [4.69, 9.17) is 17.3 Å². The van der Waals surface area contributed by atoms with Gasteiger partial charge in [0.25, 0.3) is 11.8 Å². The molecule has 2 aromatic carbocycles. The molecule has 2 aliphatic heterocycles. The van der Waals surface area contributed by atoms with E-state index in [1.807, 2.05) is 19.1 Å². The predicted molar refractivity (Wildman–Crippen MR) is 130 cm³/mol. The molecule has 1 saturated heterocycles. The Balaban J connectivity index is 1.61. The first kappa shape index (κ1) is 22.7. The Bertz CT molecular complexity index is 1220. The predicted octanol–water partition coefficient (Wildman–Crippen LogP) is 3.03. The number of benzene rings is 2. The Morgan fingerprint density at radius 3 is 2.42 bits per heavy atom. The normalized spacial score (nSPS) is 17.5. The summed E-state index contributed by atoms with van der Waals surface area (Å²) in [6.07, 6.45) is -0.259. The minimum atomic E-state index is -1.05. The number of para-hydroxylation sites is 1. The maximum Gasteiger partial charge on any atom is 0.305 e. The third-order valence-corrected chi connectivity index (χ3v) is 6.63. The molecule has 2 N–H and O–H groups in total. The van der Waals surface area contributed by atoms with Crippen LogP contribution in [0.25, 0.3) is 5.57 Å². The fourth-order valence-electron chi connectivity index (χ4n) is 3.59. The highest BCUT2D eigenvalue weighted by atomic mass is 32.2. The molecule has 168 valence electrons. The number of fused-ring (bicyclic) bond motifs is 1. The molecule has 0 saturated carbocycles. The first-order valence-electron chi connectivity index (χ1n) is 10.0. The molecule has 0 spiro atoms. The van der Waals surface area contributed by atoms with Crippen LogP contribution in [0.1, 0.15) is 17.5 Å². The Kier molecular flexibility index (Phi) is 6.30. The fourth-order valence-corrected chi connectivity index (χ4v) is 4.97. The van der Waals surface area contributed by atoms with Gasteiger partial charge < -0.3 is 10.4 Å². The number of thiocarbonyl (C=S) groups is 1. The Hall–Kier alpha value is -3.50. The molecular weight excluding hydrogens is 462 g/mol. The molecule has 2 heterocycles. The second-order valence-electron chi connectivity index (χ2n) is 7.50. The van der Waals surface area contributed by atoms with Crippen molar-refractivity contribution in [2.75, 3.05) is 23.3 Å². The molecule has 3 amide bonds. The van der Waals surface area contributed by atoms with Gasteiger partial charge in [-0.2, -0.15) is 0 Å². The van der Waals surface area contributed by atoms with Gasteiger partial charge in [0, 0.05) is 17.8 Å². The molecule has 2 aromatic rings. The number of rotatable bonds is 6. The van der Waals surface area contributed by atoms with Crippen LogP contribution in [0.3, 0.4) is 0 Å². The van der Waals surface area contributed by atoms with Crippen molar-refractivity contribution < 1.29 is 24.3 Å². The van der Waals surface area contributed by atoms with Crippen LogP contribution in [0.4, 0.5) is 11.4 Å². The standard InChI is InChI=1S/C23H19N3O5S2/c1-13-6-8-14(9-7-13)24-17(27)12-26-16-5-3-2-4-15(16)19(21(26)30)20-22(31)25(23(32)33-20)11-10-18(28)29/h2-9H,10-12H2,1H3,(H,24,27)(H,28,29). The average Bonchev–Trinajstić information content (AvgIpc) is 3.20. The van der Waals surface area contributed by atoms with Crippen molar-refractivity contribution in [3.05, 3.63) is 64.6 Å². The van der Waals surface area contributed by atoms with Gasteiger partial charge in [0.2, 0.25) is 5.91 Å². The van der Waals surface area contributed by atoms with Crippen molar-refractivity contribution in [2.45, 2.75) is 13.3 Å². The average molecular weight is 482 g/mol. The third-order valence-electron chi connectivity index (χ3n) is 5.19. The fraction of sp³-hybridized carbons (Fsp3) is 0.174. The van der Waals surface area contributed by atoms with Gasteiger partial charge in [-0.05, 0) is 25.1 Å². The van der Waals surface area contributed by atoms with Crippen molar-refractivity contribution >= 4 is 68.9 Å². The third kappa shape index (κ3) is 4.53. The molecule has 1 fully saturated rings. The van der Waals surface area contributed by atoms with Gasteiger partial charge in [0.1, 0.15) is 10.9 Å². The van der Waals surface area contributed by atoms with Gasteiger partial charge in [-0.25, -0.2) is 0 Å². The molecule has 0 aromatic heterocycles. The lowest BCUT2D eigenvalue weighted by atomic mass is 10.1. The minimum Gasteiger partial charge on any atom is -0.481 e. The quantitative estimate of drug-likeness (QED) is 0.482. The van der Waals surface area contributed by atoms with Crippen molar-refractivity contribution in [2.24, 2.45) is 0 Å². The zero-order valence-electron chi connectivity index (χ0n) is 17.5. The maximum atomic E-state index is 13.4. The number of carbonyl (C=O) groups is 4. The largest absolute Gasteiger partial charge is 0.481 e. The number of nitrogens with one attached hydrogen (secondary N) is 1. The van der Waals surface area contributed by atoms with E-state index in [2.05, 4.69) is 5.32 Å². The molecule has 0 aliphatic carbocycles. The van der Waals surface area contributed by atoms with Gasteiger partial charge in [0.15, 0.2) is 0 Å². The zero-order chi connectivity index (χ0) is 23.7. The number of hydrogen-bond donors (Lipinski definition) is 2. The molecule has 2 aliphatic rings. The molecule has 10 heteroatoms. The highest BCUT2D eigenvalue weighted by Gasteiger charge is 2.42. The van der Waals surface area contributed by atoms with Crippen LogP contribution in [0, 0.1) is 6.92 Å². The number of carboxylic acid groups (broad SMARTS) is 1. The molecule has 0 radical (unpaired) electrons. The smallest absolute Gasteiger partial charge is 0.305 e. The minimum absolute atomic E-state index is 0.0741. The van der Waals surface area contributed by atoms with E-state index in [0.29, 0.717) is 16.9 Å². The van der Waals surface area contributed by atoms with Crippen LogP contribution >= 0.6 is 24.0 Å².